The maximum atomic E-state index is 4.69. The molecule has 0 aliphatic carbocycles. The fourth-order valence-electron chi connectivity index (χ4n) is 2.67. The van der Waals surface area contributed by atoms with Gasteiger partial charge in [0, 0.05) is 32.4 Å². The minimum Gasteiger partial charge on any atom is -0.357 e. The summed E-state index contributed by atoms with van der Waals surface area (Å²) in [5.41, 5.74) is 1.21. The van der Waals surface area contributed by atoms with Gasteiger partial charge in [0.1, 0.15) is 5.82 Å². The molecule has 2 heterocycles. The summed E-state index contributed by atoms with van der Waals surface area (Å²) in [6.07, 6.45) is 5.79. The first-order valence-corrected chi connectivity index (χ1v) is 8.91. The number of anilines is 1. The van der Waals surface area contributed by atoms with E-state index in [9.17, 15) is 0 Å². The first kappa shape index (κ1) is 21.0. The van der Waals surface area contributed by atoms with E-state index in [0.717, 1.165) is 38.0 Å². The third-order valence-corrected chi connectivity index (χ3v) is 3.93. The highest BCUT2D eigenvalue weighted by Gasteiger charge is 2.12. The van der Waals surface area contributed by atoms with E-state index in [2.05, 4.69) is 53.4 Å². The van der Waals surface area contributed by atoms with Crippen molar-refractivity contribution >= 4 is 35.8 Å². The predicted octanol–water partition coefficient (Wildman–Crippen LogP) is 3.40. The van der Waals surface area contributed by atoms with E-state index in [1.807, 2.05) is 6.20 Å². The number of nitrogens with zero attached hydrogens (tertiary/aromatic N) is 3. The molecule has 1 aliphatic heterocycles. The molecule has 2 N–H and O–H groups in total. The van der Waals surface area contributed by atoms with Gasteiger partial charge in [-0.1, -0.05) is 13.8 Å². The summed E-state index contributed by atoms with van der Waals surface area (Å²) in [4.78, 5) is 11.6. The maximum absolute atomic E-state index is 4.69. The van der Waals surface area contributed by atoms with Crippen molar-refractivity contribution in [3.8, 4) is 0 Å². The molecule has 0 radical (unpaired) electrons. The van der Waals surface area contributed by atoms with Crippen LogP contribution in [-0.4, -0.2) is 37.1 Å². The zero-order valence-electron chi connectivity index (χ0n) is 15.2. The summed E-state index contributed by atoms with van der Waals surface area (Å²) in [6.45, 7) is 11.2. The number of piperidine rings is 1. The average Bonchev–Trinajstić information content (AvgIpc) is 2.58. The van der Waals surface area contributed by atoms with Crippen LogP contribution >= 0.6 is 24.0 Å². The van der Waals surface area contributed by atoms with Crippen LogP contribution in [0.4, 0.5) is 5.82 Å². The maximum Gasteiger partial charge on any atom is 0.191 e. The van der Waals surface area contributed by atoms with Crippen LogP contribution in [0.5, 0.6) is 0 Å². The second-order valence-corrected chi connectivity index (χ2v) is 6.54. The molecular formula is C18H32IN5. The van der Waals surface area contributed by atoms with Crippen LogP contribution in [0.15, 0.2) is 23.3 Å². The second kappa shape index (κ2) is 11.5. The first-order chi connectivity index (χ1) is 11.2. The zero-order chi connectivity index (χ0) is 16.5. The minimum absolute atomic E-state index is 0. The molecule has 6 heteroatoms. The number of pyridine rings is 1. The Labute approximate surface area is 163 Å². The number of aromatic nitrogens is 1. The molecule has 0 atom stereocenters. The Morgan fingerprint density at radius 3 is 2.67 bits per heavy atom. The van der Waals surface area contributed by atoms with Crippen molar-refractivity contribution in [2.75, 3.05) is 31.1 Å². The van der Waals surface area contributed by atoms with Gasteiger partial charge in [-0.2, -0.15) is 0 Å². The summed E-state index contributed by atoms with van der Waals surface area (Å²) in [6, 6.07) is 4.24. The molecule has 0 amide bonds. The number of hydrogen-bond donors (Lipinski definition) is 2. The molecular weight excluding hydrogens is 413 g/mol. The topological polar surface area (TPSA) is 52.6 Å². The lowest BCUT2D eigenvalue weighted by atomic mass is 10.1. The van der Waals surface area contributed by atoms with E-state index < -0.39 is 0 Å². The molecule has 0 saturated carbocycles. The molecule has 1 fully saturated rings. The van der Waals surface area contributed by atoms with Crippen LogP contribution in [0.1, 0.15) is 45.6 Å². The summed E-state index contributed by atoms with van der Waals surface area (Å²) < 4.78 is 0. The van der Waals surface area contributed by atoms with Crippen LogP contribution in [0.2, 0.25) is 0 Å². The number of aliphatic imine (C=N–C) groups is 1. The Hall–Kier alpha value is -1.05. The van der Waals surface area contributed by atoms with Gasteiger partial charge in [0.2, 0.25) is 0 Å². The fourth-order valence-corrected chi connectivity index (χ4v) is 2.67. The number of hydrogen-bond acceptors (Lipinski definition) is 3. The summed E-state index contributed by atoms with van der Waals surface area (Å²) >= 11 is 0. The van der Waals surface area contributed by atoms with Crippen molar-refractivity contribution < 1.29 is 0 Å². The first-order valence-electron chi connectivity index (χ1n) is 8.91. The van der Waals surface area contributed by atoms with Gasteiger partial charge in [-0.3, -0.25) is 0 Å². The van der Waals surface area contributed by atoms with E-state index in [1.54, 1.807) is 0 Å². The lowest BCUT2D eigenvalue weighted by molar-refractivity contribution is 0.573. The highest BCUT2D eigenvalue weighted by Crippen LogP contribution is 2.18. The lowest BCUT2D eigenvalue weighted by Gasteiger charge is -2.27. The van der Waals surface area contributed by atoms with Crippen LogP contribution in [0.3, 0.4) is 0 Å². The predicted molar refractivity (Wildman–Crippen MR) is 113 cm³/mol. The summed E-state index contributed by atoms with van der Waals surface area (Å²) in [7, 11) is 0. The quantitative estimate of drug-likeness (QED) is 0.401. The smallest absolute Gasteiger partial charge is 0.191 e. The van der Waals surface area contributed by atoms with Crippen molar-refractivity contribution in [1.82, 2.24) is 15.6 Å². The lowest BCUT2D eigenvalue weighted by Crippen LogP contribution is -2.39. The van der Waals surface area contributed by atoms with Crippen LogP contribution in [0, 0.1) is 5.92 Å². The number of nitrogens with one attached hydrogen (secondary N) is 2. The molecule has 24 heavy (non-hydrogen) atoms. The molecule has 5 nitrogen and oxygen atoms in total. The number of rotatable bonds is 6. The largest absolute Gasteiger partial charge is 0.357 e. The summed E-state index contributed by atoms with van der Waals surface area (Å²) in [5, 5.41) is 6.68. The number of halogens is 1. The highest BCUT2D eigenvalue weighted by molar-refractivity contribution is 14.0. The van der Waals surface area contributed by atoms with Gasteiger partial charge in [-0.25, -0.2) is 9.98 Å². The van der Waals surface area contributed by atoms with Crippen molar-refractivity contribution in [2.24, 2.45) is 10.9 Å². The Bertz CT molecular complexity index is 498. The van der Waals surface area contributed by atoms with Gasteiger partial charge < -0.3 is 15.5 Å². The van der Waals surface area contributed by atoms with Gasteiger partial charge in [-0.15, -0.1) is 24.0 Å². The van der Waals surface area contributed by atoms with E-state index in [1.165, 1.54) is 24.8 Å². The van der Waals surface area contributed by atoms with E-state index in [0.29, 0.717) is 12.5 Å². The molecule has 1 aliphatic rings. The van der Waals surface area contributed by atoms with Gasteiger partial charge >= 0.3 is 0 Å². The van der Waals surface area contributed by atoms with Crippen LogP contribution in [0.25, 0.3) is 0 Å². The van der Waals surface area contributed by atoms with Gasteiger partial charge in [0.05, 0.1) is 6.54 Å². The van der Waals surface area contributed by atoms with Crippen molar-refractivity contribution in [1.29, 1.82) is 0 Å². The molecule has 1 aromatic heterocycles. The Morgan fingerprint density at radius 1 is 1.25 bits per heavy atom. The van der Waals surface area contributed by atoms with Gasteiger partial charge in [0.15, 0.2) is 5.96 Å². The SMILES string of the molecule is CCNC(=NCc1ccnc(N2CCCCC2)c1)NCC(C)C.I. The molecule has 136 valence electrons. The van der Waals surface area contributed by atoms with Crippen molar-refractivity contribution in [3.63, 3.8) is 0 Å². The number of guanidine groups is 1. The molecule has 2 rings (SSSR count). The van der Waals surface area contributed by atoms with E-state index >= 15 is 0 Å². The van der Waals surface area contributed by atoms with E-state index in [-0.39, 0.29) is 24.0 Å². The summed E-state index contributed by atoms with van der Waals surface area (Å²) in [5.74, 6) is 2.58. The molecule has 0 aromatic carbocycles. The van der Waals surface area contributed by atoms with Crippen molar-refractivity contribution in [3.05, 3.63) is 23.9 Å². The zero-order valence-corrected chi connectivity index (χ0v) is 17.5. The molecule has 1 aromatic rings. The Morgan fingerprint density at radius 2 is 2.00 bits per heavy atom. The Kier molecular flexibility index (Phi) is 10.1. The fraction of sp³-hybridized carbons (Fsp3) is 0.667. The minimum atomic E-state index is 0. The molecule has 1 saturated heterocycles. The Balaban J connectivity index is 0.00000288. The third kappa shape index (κ3) is 7.23. The van der Waals surface area contributed by atoms with Gasteiger partial charge in [0.25, 0.3) is 0 Å². The van der Waals surface area contributed by atoms with Crippen LogP contribution < -0.4 is 15.5 Å². The van der Waals surface area contributed by atoms with Crippen molar-refractivity contribution in [2.45, 2.75) is 46.6 Å². The van der Waals surface area contributed by atoms with E-state index in [4.69, 9.17) is 4.99 Å². The molecule has 0 bridgehead atoms. The molecule has 0 unspecified atom stereocenters. The highest BCUT2D eigenvalue weighted by atomic mass is 127. The van der Waals surface area contributed by atoms with Gasteiger partial charge in [-0.05, 0) is 49.8 Å². The second-order valence-electron chi connectivity index (χ2n) is 6.54. The average molecular weight is 445 g/mol. The normalized spacial score (nSPS) is 15.2. The van der Waals surface area contributed by atoms with Crippen LogP contribution in [-0.2, 0) is 6.54 Å². The molecule has 0 spiro atoms. The third-order valence-electron chi connectivity index (χ3n) is 3.93. The standard InChI is InChI=1S/C18H31N5.HI/c1-4-19-18(21-13-15(2)3)22-14-16-8-9-20-17(12-16)23-10-6-5-7-11-23;/h8-9,12,15H,4-7,10-11,13-14H2,1-3H3,(H2,19,21,22);1H. The monoisotopic (exact) mass is 445 g/mol.